The number of hydrogen-bond donors (Lipinski definition) is 3. The molecule has 1 aliphatic carbocycles. The van der Waals surface area contributed by atoms with Gasteiger partial charge in [-0.05, 0) is 38.2 Å². The highest BCUT2D eigenvalue weighted by molar-refractivity contribution is 7.17. The van der Waals surface area contributed by atoms with Crippen molar-refractivity contribution in [2.75, 3.05) is 11.9 Å². The van der Waals surface area contributed by atoms with Crippen LogP contribution in [0.5, 0.6) is 0 Å². The average molecular weight is 268 g/mol. The molecule has 0 aromatic carbocycles. The highest BCUT2D eigenvalue weighted by Crippen LogP contribution is 2.37. The van der Waals surface area contributed by atoms with Crippen LogP contribution >= 0.6 is 11.3 Å². The molecule has 1 aromatic rings. The second-order valence-electron chi connectivity index (χ2n) is 4.20. The van der Waals surface area contributed by atoms with Gasteiger partial charge in [-0.1, -0.05) is 0 Å². The summed E-state index contributed by atoms with van der Waals surface area (Å²) in [4.78, 5) is 23.9. The molecule has 0 spiro atoms. The third-order valence-corrected chi connectivity index (χ3v) is 4.16. The van der Waals surface area contributed by atoms with Crippen molar-refractivity contribution in [2.24, 2.45) is 0 Å². The Morgan fingerprint density at radius 3 is 2.72 bits per heavy atom. The normalized spacial score (nSPS) is 13.8. The number of anilines is 1. The molecule has 18 heavy (non-hydrogen) atoms. The van der Waals surface area contributed by atoms with Crippen molar-refractivity contribution in [2.45, 2.75) is 32.6 Å². The van der Waals surface area contributed by atoms with E-state index in [0.29, 0.717) is 11.5 Å². The van der Waals surface area contributed by atoms with Crippen molar-refractivity contribution in [3.8, 4) is 0 Å². The highest BCUT2D eigenvalue weighted by atomic mass is 32.1. The summed E-state index contributed by atoms with van der Waals surface area (Å²) in [6, 6.07) is -0.349. The molecule has 1 heterocycles. The van der Waals surface area contributed by atoms with Gasteiger partial charge in [0.1, 0.15) is 5.00 Å². The zero-order valence-corrected chi connectivity index (χ0v) is 11.0. The molecule has 0 fully saturated rings. The number of nitrogens with one attached hydrogen (secondary N) is 2. The van der Waals surface area contributed by atoms with Crippen molar-refractivity contribution < 1.29 is 14.7 Å². The number of hydrogen-bond acceptors (Lipinski definition) is 3. The van der Waals surface area contributed by atoms with E-state index in [2.05, 4.69) is 10.6 Å². The summed E-state index contributed by atoms with van der Waals surface area (Å²) in [5.74, 6) is -0.957. The van der Waals surface area contributed by atoms with Crippen LogP contribution in [0.25, 0.3) is 0 Å². The molecular weight excluding hydrogens is 252 g/mol. The molecule has 6 heteroatoms. The number of rotatable bonds is 3. The van der Waals surface area contributed by atoms with Crippen molar-refractivity contribution in [1.82, 2.24) is 5.32 Å². The molecule has 0 unspecified atom stereocenters. The Hall–Kier alpha value is -1.56. The summed E-state index contributed by atoms with van der Waals surface area (Å²) in [7, 11) is 0. The number of thiophene rings is 1. The Labute approximate surface area is 109 Å². The molecule has 0 saturated carbocycles. The molecule has 3 N–H and O–H groups in total. The van der Waals surface area contributed by atoms with Gasteiger partial charge in [0.15, 0.2) is 0 Å². The predicted octanol–water partition coefficient (Wildman–Crippen LogP) is 2.47. The second-order valence-corrected chi connectivity index (χ2v) is 5.31. The van der Waals surface area contributed by atoms with Gasteiger partial charge in [-0.25, -0.2) is 9.59 Å². The molecule has 0 radical (unpaired) electrons. The standard InChI is InChI=1S/C12H16N2O3S/c1-2-13-12(17)14-10-9(11(15)16)7-5-3-4-6-8(7)18-10/h2-6H2,1H3,(H,15,16)(H2,13,14,17). The number of aromatic carboxylic acids is 1. The fourth-order valence-electron chi connectivity index (χ4n) is 2.19. The lowest BCUT2D eigenvalue weighted by atomic mass is 9.95. The lowest BCUT2D eigenvalue weighted by Gasteiger charge is -2.10. The van der Waals surface area contributed by atoms with Crippen LogP contribution in [-0.2, 0) is 12.8 Å². The highest BCUT2D eigenvalue weighted by Gasteiger charge is 2.25. The number of fused-ring (bicyclic) bond motifs is 1. The zero-order chi connectivity index (χ0) is 13.1. The van der Waals surface area contributed by atoms with Gasteiger partial charge in [-0.15, -0.1) is 11.3 Å². The number of carbonyl (C=O) groups is 2. The van der Waals surface area contributed by atoms with Gasteiger partial charge in [-0.2, -0.15) is 0 Å². The topological polar surface area (TPSA) is 78.4 Å². The van der Waals surface area contributed by atoms with Crippen molar-refractivity contribution in [1.29, 1.82) is 0 Å². The first-order chi connectivity index (χ1) is 8.63. The van der Waals surface area contributed by atoms with Gasteiger partial charge in [-0.3, -0.25) is 5.32 Å². The van der Waals surface area contributed by atoms with E-state index in [-0.39, 0.29) is 11.6 Å². The molecule has 0 aliphatic heterocycles. The second kappa shape index (κ2) is 5.39. The van der Waals surface area contributed by atoms with Crippen molar-refractivity contribution in [3.63, 3.8) is 0 Å². The SMILES string of the molecule is CCNC(=O)Nc1sc2c(c1C(=O)O)CCCC2. The first-order valence-corrected chi connectivity index (χ1v) is 6.87. The maximum Gasteiger partial charge on any atom is 0.339 e. The van der Waals surface area contributed by atoms with E-state index in [0.717, 1.165) is 36.1 Å². The number of carboxylic acid groups (broad SMARTS) is 1. The van der Waals surface area contributed by atoms with E-state index in [1.807, 2.05) is 6.92 Å². The Morgan fingerprint density at radius 1 is 1.33 bits per heavy atom. The Balaban J connectivity index is 2.31. The molecule has 1 aliphatic rings. The Kier molecular flexibility index (Phi) is 3.86. The number of carboxylic acids is 1. The minimum Gasteiger partial charge on any atom is -0.478 e. The minimum atomic E-state index is -0.957. The third kappa shape index (κ3) is 2.48. The van der Waals surface area contributed by atoms with Gasteiger partial charge in [0.05, 0.1) is 5.56 Å². The fraction of sp³-hybridized carbons (Fsp3) is 0.500. The lowest BCUT2D eigenvalue weighted by Crippen LogP contribution is -2.28. The average Bonchev–Trinajstić information content (AvgIpc) is 2.66. The maximum atomic E-state index is 11.5. The van der Waals surface area contributed by atoms with Gasteiger partial charge >= 0.3 is 12.0 Å². The molecule has 1 aromatic heterocycles. The molecule has 2 rings (SSSR count). The molecule has 0 saturated heterocycles. The predicted molar refractivity (Wildman–Crippen MR) is 70.6 cm³/mol. The van der Waals surface area contributed by atoms with E-state index < -0.39 is 5.97 Å². The van der Waals surface area contributed by atoms with E-state index >= 15 is 0 Å². The lowest BCUT2D eigenvalue weighted by molar-refractivity contribution is 0.0697. The van der Waals surface area contributed by atoms with E-state index in [4.69, 9.17) is 0 Å². The molecule has 5 nitrogen and oxygen atoms in total. The van der Waals surface area contributed by atoms with Crippen LogP contribution in [0, 0.1) is 0 Å². The van der Waals surface area contributed by atoms with Crippen molar-refractivity contribution in [3.05, 3.63) is 16.0 Å². The summed E-state index contributed by atoms with van der Waals surface area (Å²) in [5.41, 5.74) is 1.19. The van der Waals surface area contributed by atoms with Gasteiger partial charge in [0, 0.05) is 11.4 Å². The number of urea groups is 1. The van der Waals surface area contributed by atoms with Gasteiger partial charge < -0.3 is 10.4 Å². The van der Waals surface area contributed by atoms with Crippen LogP contribution in [0.3, 0.4) is 0 Å². The first-order valence-electron chi connectivity index (χ1n) is 6.06. The monoisotopic (exact) mass is 268 g/mol. The van der Waals surface area contributed by atoms with Crippen LogP contribution in [0.4, 0.5) is 9.80 Å². The molecule has 0 bridgehead atoms. The summed E-state index contributed by atoms with van der Waals surface area (Å²) in [6.07, 6.45) is 3.82. The summed E-state index contributed by atoms with van der Waals surface area (Å²) in [6.45, 7) is 2.33. The molecule has 98 valence electrons. The van der Waals surface area contributed by atoms with Crippen LogP contribution in [0.1, 0.15) is 40.6 Å². The van der Waals surface area contributed by atoms with Crippen LogP contribution in [-0.4, -0.2) is 23.7 Å². The number of amides is 2. The number of carbonyl (C=O) groups excluding carboxylic acids is 1. The van der Waals surface area contributed by atoms with Gasteiger partial charge in [0.25, 0.3) is 0 Å². The maximum absolute atomic E-state index is 11.5. The first kappa shape index (κ1) is 12.9. The summed E-state index contributed by atoms with van der Waals surface area (Å²) >= 11 is 1.39. The quantitative estimate of drug-likeness (QED) is 0.788. The smallest absolute Gasteiger partial charge is 0.339 e. The van der Waals surface area contributed by atoms with E-state index in [1.54, 1.807) is 0 Å². The third-order valence-electron chi connectivity index (χ3n) is 2.95. The largest absolute Gasteiger partial charge is 0.478 e. The van der Waals surface area contributed by atoms with Gasteiger partial charge in [0.2, 0.25) is 0 Å². The van der Waals surface area contributed by atoms with Crippen LogP contribution < -0.4 is 10.6 Å². The van der Waals surface area contributed by atoms with Crippen LogP contribution in [0.2, 0.25) is 0 Å². The van der Waals surface area contributed by atoms with E-state index in [1.165, 1.54) is 11.3 Å². The van der Waals surface area contributed by atoms with Crippen molar-refractivity contribution >= 4 is 28.3 Å². The molecule has 0 atom stereocenters. The Bertz CT molecular complexity index is 482. The minimum absolute atomic E-state index is 0.279. The molecular formula is C12H16N2O3S. The molecule has 2 amide bonds. The Morgan fingerprint density at radius 2 is 2.06 bits per heavy atom. The fourth-order valence-corrected chi connectivity index (χ4v) is 3.46. The zero-order valence-electron chi connectivity index (χ0n) is 10.2. The summed E-state index contributed by atoms with van der Waals surface area (Å²) in [5, 5.41) is 15.0. The van der Waals surface area contributed by atoms with E-state index in [9.17, 15) is 14.7 Å². The number of aryl methyl sites for hydroxylation is 1. The van der Waals surface area contributed by atoms with Crippen LogP contribution in [0.15, 0.2) is 0 Å². The summed E-state index contributed by atoms with van der Waals surface area (Å²) < 4.78 is 0.